The molecule has 0 unspecified atom stereocenters. The second-order valence-electron chi connectivity index (χ2n) is 3.23. The largest absolute Gasteiger partial charge is 0.344 e. The molecule has 0 bridgehead atoms. The van der Waals surface area contributed by atoms with E-state index in [-0.39, 0.29) is 5.54 Å². The van der Waals surface area contributed by atoms with Gasteiger partial charge in [0.2, 0.25) is 5.13 Å². The number of halogens is 1. The first-order valence-electron chi connectivity index (χ1n) is 3.64. The number of hydrogen-bond donors (Lipinski definition) is 0. The van der Waals surface area contributed by atoms with Gasteiger partial charge in [-0.2, -0.15) is 4.37 Å². The van der Waals surface area contributed by atoms with Crippen LogP contribution in [0.3, 0.4) is 0 Å². The van der Waals surface area contributed by atoms with E-state index in [4.69, 9.17) is 0 Å². The van der Waals surface area contributed by atoms with Crippen molar-refractivity contribution in [2.24, 2.45) is 0 Å². The molecule has 0 aliphatic rings. The van der Waals surface area contributed by atoms with Crippen LogP contribution >= 0.6 is 27.5 Å². The Balaban J connectivity index is 2.78. The summed E-state index contributed by atoms with van der Waals surface area (Å²) in [5.41, 5.74) is 0.0829. The molecule has 0 aliphatic heterocycles. The monoisotopic (exact) mass is 249 g/mol. The van der Waals surface area contributed by atoms with Crippen LogP contribution in [0.5, 0.6) is 0 Å². The average Bonchev–Trinajstić information content (AvgIpc) is 2.55. The fraction of sp³-hybridized carbons (Fsp3) is 0.714. The molecule has 0 aromatic carbocycles. The summed E-state index contributed by atoms with van der Waals surface area (Å²) in [6, 6.07) is 0. The Hall–Kier alpha value is -0.160. The fourth-order valence-corrected chi connectivity index (χ4v) is 1.69. The molecule has 0 spiro atoms. The van der Waals surface area contributed by atoms with Crippen LogP contribution in [0.2, 0.25) is 0 Å². The Kier molecular flexibility index (Phi) is 3.06. The van der Waals surface area contributed by atoms with E-state index in [9.17, 15) is 0 Å². The summed E-state index contributed by atoms with van der Waals surface area (Å²) in [4.78, 5) is 6.27. The van der Waals surface area contributed by atoms with Gasteiger partial charge in [0.05, 0.1) is 0 Å². The van der Waals surface area contributed by atoms with Gasteiger partial charge >= 0.3 is 0 Å². The average molecular weight is 250 g/mol. The predicted octanol–water partition coefficient (Wildman–Crippen LogP) is 2.15. The quantitative estimate of drug-likeness (QED) is 0.770. The van der Waals surface area contributed by atoms with Crippen LogP contribution in [0.15, 0.2) is 6.33 Å². The van der Waals surface area contributed by atoms with E-state index in [1.165, 1.54) is 11.5 Å². The lowest BCUT2D eigenvalue weighted by Gasteiger charge is -2.33. The van der Waals surface area contributed by atoms with Crippen molar-refractivity contribution in [2.75, 3.05) is 17.3 Å². The lowest BCUT2D eigenvalue weighted by Crippen LogP contribution is -2.42. The predicted molar refractivity (Wildman–Crippen MR) is 56.2 cm³/mol. The van der Waals surface area contributed by atoms with Crippen LogP contribution in [0.25, 0.3) is 0 Å². The Morgan fingerprint density at radius 3 is 2.75 bits per heavy atom. The second-order valence-corrected chi connectivity index (χ2v) is 4.55. The molecule has 1 aromatic rings. The van der Waals surface area contributed by atoms with E-state index in [0.29, 0.717) is 0 Å². The third-order valence-corrected chi connectivity index (χ3v) is 3.99. The van der Waals surface area contributed by atoms with Crippen molar-refractivity contribution >= 4 is 32.6 Å². The minimum Gasteiger partial charge on any atom is -0.344 e. The normalized spacial score (nSPS) is 11.7. The minimum absolute atomic E-state index is 0.0829. The highest BCUT2D eigenvalue weighted by Crippen LogP contribution is 2.23. The van der Waals surface area contributed by atoms with Gasteiger partial charge in [-0.25, -0.2) is 4.98 Å². The first-order chi connectivity index (χ1) is 5.58. The lowest BCUT2D eigenvalue weighted by molar-refractivity contribution is 0.551. The highest BCUT2D eigenvalue weighted by molar-refractivity contribution is 9.09. The van der Waals surface area contributed by atoms with E-state index in [1.54, 1.807) is 6.33 Å². The lowest BCUT2D eigenvalue weighted by atomic mass is 10.1. The molecule has 0 fully saturated rings. The summed E-state index contributed by atoms with van der Waals surface area (Å²) in [6.07, 6.45) is 1.58. The summed E-state index contributed by atoms with van der Waals surface area (Å²) in [7, 11) is 2.03. The van der Waals surface area contributed by atoms with Gasteiger partial charge in [-0.3, -0.25) is 0 Å². The first kappa shape index (κ1) is 9.92. The first-order valence-corrected chi connectivity index (χ1v) is 5.54. The van der Waals surface area contributed by atoms with Crippen molar-refractivity contribution in [2.45, 2.75) is 19.4 Å². The summed E-state index contributed by atoms with van der Waals surface area (Å²) < 4.78 is 3.96. The number of alkyl halides is 1. The van der Waals surface area contributed by atoms with E-state index in [0.717, 1.165) is 10.5 Å². The van der Waals surface area contributed by atoms with E-state index in [2.05, 4.69) is 44.0 Å². The van der Waals surface area contributed by atoms with Crippen LogP contribution in [0, 0.1) is 0 Å². The van der Waals surface area contributed by atoms with E-state index < -0.39 is 0 Å². The number of aromatic nitrogens is 2. The maximum Gasteiger partial charge on any atom is 0.205 e. The third-order valence-electron chi connectivity index (χ3n) is 1.87. The number of rotatable bonds is 3. The summed E-state index contributed by atoms with van der Waals surface area (Å²) >= 11 is 4.89. The molecule has 3 nitrogen and oxygen atoms in total. The Morgan fingerprint density at radius 1 is 1.67 bits per heavy atom. The molecule has 0 radical (unpaired) electrons. The van der Waals surface area contributed by atoms with Crippen LogP contribution in [0.1, 0.15) is 13.8 Å². The third kappa shape index (κ3) is 1.95. The number of hydrogen-bond acceptors (Lipinski definition) is 4. The fourth-order valence-electron chi connectivity index (χ4n) is 0.664. The summed E-state index contributed by atoms with van der Waals surface area (Å²) in [6.45, 7) is 4.31. The van der Waals surface area contributed by atoms with Crippen molar-refractivity contribution < 1.29 is 0 Å². The molecule has 68 valence electrons. The highest BCUT2D eigenvalue weighted by atomic mass is 79.9. The molecule has 1 rings (SSSR count). The molecule has 5 heteroatoms. The standard InChI is InChI=1S/C7H12BrN3S/c1-7(2,4-8)11(3)6-9-5-10-12-6/h5H,4H2,1-3H3. The van der Waals surface area contributed by atoms with Crippen LogP contribution in [-0.4, -0.2) is 27.3 Å². The molecular formula is C7H12BrN3S. The van der Waals surface area contributed by atoms with Crippen molar-refractivity contribution in [3.05, 3.63) is 6.33 Å². The molecule has 0 N–H and O–H groups in total. The number of nitrogens with zero attached hydrogens (tertiary/aromatic N) is 3. The van der Waals surface area contributed by atoms with Gasteiger partial charge in [0, 0.05) is 29.4 Å². The van der Waals surface area contributed by atoms with Crippen molar-refractivity contribution in [1.82, 2.24) is 9.36 Å². The molecular weight excluding hydrogens is 238 g/mol. The maximum absolute atomic E-state index is 4.14. The second kappa shape index (κ2) is 3.70. The summed E-state index contributed by atoms with van der Waals surface area (Å²) in [5, 5.41) is 1.87. The van der Waals surface area contributed by atoms with Gasteiger partial charge in [0.1, 0.15) is 6.33 Å². The maximum atomic E-state index is 4.14. The zero-order valence-electron chi connectivity index (χ0n) is 7.41. The molecule has 0 saturated heterocycles. The summed E-state index contributed by atoms with van der Waals surface area (Å²) in [5.74, 6) is 0. The minimum atomic E-state index is 0.0829. The van der Waals surface area contributed by atoms with Crippen molar-refractivity contribution in [3.8, 4) is 0 Å². The van der Waals surface area contributed by atoms with Crippen LogP contribution in [-0.2, 0) is 0 Å². The van der Waals surface area contributed by atoms with Gasteiger partial charge in [0.25, 0.3) is 0 Å². The number of anilines is 1. The van der Waals surface area contributed by atoms with Gasteiger partial charge in [-0.1, -0.05) is 15.9 Å². The molecule has 0 aliphatic carbocycles. The zero-order valence-corrected chi connectivity index (χ0v) is 9.81. The van der Waals surface area contributed by atoms with Crippen molar-refractivity contribution in [3.63, 3.8) is 0 Å². The smallest absolute Gasteiger partial charge is 0.205 e. The van der Waals surface area contributed by atoms with Gasteiger partial charge in [-0.05, 0) is 13.8 Å². The van der Waals surface area contributed by atoms with E-state index in [1.807, 2.05) is 7.05 Å². The molecule has 0 atom stereocenters. The topological polar surface area (TPSA) is 29.0 Å². The van der Waals surface area contributed by atoms with Crippen molar-refractivity contribution in [1.29, 1.82) is 0 Å². The Bertz CT molecular complexity index is 235. The van der Waals surface area contributed by atoms with Gasteiger partial charge in [0.15, 0.2) is 0 Å². The van der Waals surface area contributed by atoms with Gasteiger partial charge in [-0.15, -0.1) is 0 Å². The molecule has 1 heterocycles. The van der Waals surface area contributed by atoms with Crippen LogP contribution in [0.4, 0.5) is 5.13 Å². The van der Waals surface area contributed by atoms with Crippen LogP contribution < -0.4 is 4.90 Å². The molecule has 12 heavy (non-hydrogen) atoms. The van der Waals surface area contributed by atoms with Gasteiger partial charge < -0.3 is 4.90 Å². The molecule has 0 amide bonds. The van der Waals surface area contributed by atoms with E-state index >= 15 is 0 Å². The molecule has 1 aromatic heterocycles. The zero-order chi connectivity index (χ0) is 9.19. The SMILES string of the molecule is CN(c1ncns1)C(C)(C)CBr. The Labute approximate surface area is 85.1 Å². The Morgan fingerprint density at radius 2 is 2.33 bits per heavy atom. The highest BCUT2D eigenvalue weighted by Gasteiger charge is 2.23. The molecule has 0 saturated carbocycles.